The molecule has 29 heavy (non-hydrogen) atoms. The quantitative estimate of drug-likeness (QED) is 0.684. The van der Waals surface area contributed by atoms with E-state index in [-0.39, 0.29) is 17.5 Å². The summed E-state index contributed by atoms with van der Waals surface area (Å²) in [5, 5.41) is 17.8. The number of methoxy groups -OCH3 is 1. The van der Waals surface area contributed by atoms with Crippen molar-refractivity contribution in [1.29, 1.82) is 0 Å². The van der Waals surface area contributed by atoms with Crippen molar-refractivity contribution in [2.45, 2.75) is 57.8 Å². The molecule has 0 atom stereocenters. The second-order valence-electron chi connectivity index (χ2n) is 7.66. The van der Waals surface area contributed by atoms with Gasteiger partial charge in [-0.25, -0.2) is 4.79 Å². The van der Waals surface area contributed by atoms with Gasteiger partial charge in [0.05, 0.1) is 12.8 Å². The average Bonchev–Trinajstić information content (AvgIpc) is 2.77. The second-order valence-corrected chi connectivity index (χ2v) is 7.66. The summed E-state index contributed by atoms with van der Waals surface area (Å²) in [4.78, 5) is 24.0. The number of unbranched alkanes of at least 4 members (excludes halogenated alkanes) is 1. The highest BCUT2D eigenvalue weighted by molar-refractivity contribution is 5.94. The van der Waals surface area contributed by atoms with Gasteiger partial charge < -0.3 is 9.84 Å². The molecule has 0 unspecified atom stereocenters. The summed E-state index contributed by atoms with van der Waals surface area (Å²) in [6.45, 7) is 2.10. The van der Waals surface area contributed by atoms with Gasteiger partial charge in [0.1, 0.15) is 11.5 Å². The minimum atomic E-state index is -1.12. The normalized spacial score (nSPS) is 19.0. The predicted octanol–water partition coefficient (Wildman–Crippen LogP) is 4.88. The molecule has 1 saturated carbocycles. The SMILES string of the molecule is CCCCC(=O)C1CCC(c2cc(-c3ccccc3OC)c(C(=O)O)nn2)CC1. The summed E-state index contributed by atoms with van der Waals surface area (Å²) in [5.41, 5.74) is 1.91. The van der Waals surface area contributed by atoms with Gasteiger partial charge >= 0.3 is 5.97 Å². The van der Waals surface area contributed by atoms with E-state index in [1.807, 2.05) is 24.3 Å². The summed E-state index contributed by atoms with van der Waals surface area (Å²) in [7, 11) is 1.56. The van der Waals surface area contributed by atoms with E-state index in [0.29, 0.717) is 29.1 Å². The van der Waals surface area contributed by atoms with E-state index < -0.39 is 5.97 Å². The summed E-state index contributed by atoms with van der Waals surface area (Å²) in [6, 6.07) is 9.15. The third kappa shape index (κ3) is 4.81. The number of carboxylic acid groups (broad SMARTS) is 1. The molecular weight excluding hydrogens is 368 g/mol. The lowest BCUT2D eigenvalue weighted by molar-refractivity contribution is -0.124. The van der Waals surface area contributed by atoms with E-state index in [4.69, 9.17) is 4.74 Å². The van der Waals surface area contributed by atoms with Crippen LogP contribution in [-0.4, -0.2) is 34.2 Å². The standard InChI is InChI=1S/C23H28N2O4/c1-3-4-8-20(26)16-12-10-15(11-13-16)19-14-18(22(23(27)28)25-24-19)17-7-5-6-9-21(17)29-2/h5-7,9,14-16H,3-4,8,10-13H2,1-2H3,(H,27,28). The number of carbonyl (C=O) groups excluding carboxylic acids is 1. The maximum Gasteiger partial charge on any atom is 0.357 e. The Bertz CT molecular complexity index is 873. The van der Waals surface area contributed by atoms with Gasteiger partial charge in [0, 0.05) is 29.4 Å². The number of benzene rings is 1. The molecule has 0 aliphatic heterocycles. The first kappa shape index (κ1) is 21.0. The Kier molecular flexibility index (Phi) is 6.96. The van der Waals surface area contributed by atoms with Crippen molar-refractivity contribution < 1.29 is 19.4 Å². The molecule has 0 saturated heterocycles. The first-order valence-corrected chi connectivity index (χ1v) is 10.3. The molecule has 1 aliphatic rings. The van der Waals surface area contributed by atoms with Crippen LogP contribution in [0, 0.1) is 5.92 Å². The number of aromatic carboxylic acids is 1. The molecule has 1 aliphatic carbocycles. The van der Waals surface area contributed by atoms with Gasteiger partial charge in [-0.15, -0.1) is 5.10 Å². The molecule has 1 fully saturated rings. The molecule has 1 heterocycles. The van der Waals surface area contributed by atoms with Crippen molar-refractivity contribution in [2.24, 2.45) is 5.92 Å². The number of Topliss-reactive ketones (excluding diaryl/α,β-unsaturated/α-hetero) is 1. The molecule has 0 bridgehead atoms. The molecule has 6 nitrogen and oxygen atoms in total. The fourth-order valence-electron chi connectivity index (χ4n) is 4.10. The second kappa shape index (κ2) is 9.63. The van der Waals surface area contributed by atoms with Gasteiger partial charge in [0.25, 0.3) is 0 Å². The van der Waals surface area contributed by atoms with Gasteiger partial charge in [0.15, 0.2) is 5.69 Å². The van der Waals surface area contributed by atoms with Crippen molar-refractivity contribution in [1.82, 2.24) is 10.2 Å². The van der Waals surface area contributed by atoms with Crippen molar-refractivity contribution in [2.75, 3.05) is 7.11 Å². The van der Waals surface area contributed by atoms with Crippen LogP contribution in [0.1, 0.15) is 74.0 Å². The molecule has 3 rings (SSSR count). The van der Waals surface area contributed by atoms with Crippen LogP contribution in [0.3, 0.4) is 0 Å². The first-order valence-electron chi connectivity index (χ1n) is 10.3. The summed E-state index contributed by atoms with van der Waals surface area (Å²) in [5.74, 6) is 0.202. The average molecular weight is 396 g/mol. The van der Waals surface area contributed by atoms with E-state index in [0.717, 1.165) is 44.2 Å². The van der Waals surface area contributed by atoms with Crippen molar-refractivity contribution >= 4 is 11.8 Å². The van der Waals surface area contributed by atoms with E-state index in [1.165, 1.54) is 0 Å². The Morgan fingerprint density at radius 1 is 1.10 bits per heavy atom. The molecule has 0 radical (unpaired) electrons. The highest BCUT2D eigenvalue weighted by Gasteiger charge is 2.29. The number of hydrogen-bond donors (Lipinski definition) is 1. The predicted molar refractivity (Wildman–Crippen MR) is 110 cm³/mol. The van der Waals surface area contributed by atoms with E-state index in [9.17, 15) is 14.7 Å². The fraction of sp³-hybridized carbons (Fsp3) is 0.478. The Balaban J connectivity index is 1.83. The zero-order valence-electron chi connectivity index (χ0n) is 17.1. The van der Waals surface area contributed by atoms with Crippen LogP contribution in [0.5, 0.6) is 5.75 Å². The van der Waals surface area contributed by atoms with Gasteiger partial charge in [-0.3, -0.25) is 4.79 Å². The summed E-state index contributed by atoms with van der Waals surface area (Å²) in [6.07, 6.45) is 6.14. The molecule has 154 valence electrons. The van der Waals surface area contributed by atoms with E-state index in [1.54, 1.807) is 13.2 Å². The number of rotatable bonds is 8. The summed E-state index contributed by atoms with van der Waals surface area (Å²) < 4.78 is 5.41. The topological polar surface area (TPSA) is 89.4 Å². The Hall–Kier alpha value is -2.76. The van der Waals surface area contributed by atoms with E-state index >= 15 is 0 Å². The molecular formula is C23H28N2O4. The number of carboxylic acids is 1. The molecule has 0 spiro atoms. The molecule has 6 heteroatoms. The molecule has 0 amide bonds. The van der Waals surface area contributed by atoms with Crippen LogP contribution in [0.4, 0.5) is 0 Å². The lowest BCUT2D eigenvalue weighted by Gasteiger charge is -2.27. The number of ether oxygens (including phenoxy) is 1. The molecule has 1 aromatic carbocycles. The minimum Gasteiger partial charge on any atom is -0.496 e. The maximum absolute atomic E-state index is 12.3. The van der Waals surface area contributed by atoms with Gasteiger partial charge in [-0.2, -0.15) is 5.10 Å². The van der Waals surface area contributed by atoms with Crippen LogP contribution >= 0.6 is 0 Å². The number of hydrogen-bond acceptors (Lipinski definition) is 5. The third-order valence-corrected chi connectivity index (χ3v) is 5.79. The van der Waals surface area contributed by atoms with Gasteiger partial charge in [-0.05, 0) is 44.2 Å². The van der Waals surface area contributed by atoms with E-state index in [2.05, 4.69) is 17.1 Å². The molecule has 1 N–H and O–H groups in total. The largest absolute Gasteiger partial charge is 0.496 e. The number of para-hydroxylation sites is 1. The lowest BCUT2D eigenvalue weighted by atomic mass is 9.77. The zero-order valence-corrected chi connectivity index (χ0v) is 17.1. The highest BCUT2D eigenvalue weighted by atomic mass is 16.5. The van der Waals surface area contributed by atoms with Crippen LogP contribution in [0.2, 0.25) is 0 Å². The molecule has 1 aromatic heterocycles. The smallest absolute Gasteiger partial charge is 0.357 e. The van der Waals surface area contributed by atoms with Crippen molar-refractivity contribution in [3.63, 3.8) is 0 Å². The third-order valence-electron chi connectivity index (χ3n) is 5.79. The van der Waals surface area contributed by atoms with Crippen LogP contribution in [-0.2, 0) is 4.79 Å². The van der Waals surface area contributed by atoms with Gasteiger partial charge in [0.2, 0.25) is 0 Å². The Morgan fingerprint density at radius 2 is 1.83 bits per heavy atom. The summed E-state index contributed by atoms with van der Waals surface area (Å²) >= 11 is 0. The maximum atomic E-state index is 12.3. The lowest BCUT2D eigenvalue weighted by Crippen LogP contribution is -2.22. The van der Waals surface area contributed by atoms with Crippen molar-refractivity contribution in [3.05, 3.63) is 41.7 Å². The Morgan fingerprint density at radius 3 is 2.48 bits per heavy atom. The van der Waals surface area contributed by atoms with Crippen LogP contribution < -0.4 is 4.74 Å². The number of carbonyl (C=O) groups is 2. The molecule has 2 aromatic rings. The van der Waals surface area contributed by atoms with Crippen LogP contribution in [0.25, 0.3) is 11.1 Å². The highest BCUT2D eigenvalue weighted by Crippen LogP contribution is 2.38. The number of ketones is 1. The number of aromatic nitrogens is 2. The zero-order chi connectivity index (χ0) is 20.8. The number of nitrogens with zero attached hydrogens (tertiary/aromatic N) is 2. The minimum absolute atomic E-state index is 0.0818. The van der Waals surface area contributed by atoms with Gasteiger partial charge in [-0.1, -0.05) is 31.5 Å². The first-order chi connectivity index (χ1) is 14.0. The van der Waals surface area contributed by atoms with Crippen LogP contribution in [0.15, 0.2) is 30.3 Å². The fourth-order valence-corrected chi connectivity index (χ4v) is 4.10. The monoisotopic (exact) mass is 396 g/mol. The Labute approximate surface area is 171 Å². The van der Waals surface area contributed by atoms with Crippen molar-refractivity contribution in [3.8, 4) is 16.9 Å².